The van der Waals surface area contributed by atoms with Crippen LogP contribution in [0, 0.1) is 34.5 Å². The van der Waals surface area contributed by atoms with Crippen LogP contribution in [-0.4, -0.2) is 59.5 Å². The zero-order valence-corrected chi connectivity index (χ0v) is 21.0. The van der Waals surface area contributed by atoms with Gasteiger partial charge in [0.2, 0.25) is 11.8 Å². The summed E-state index contributed by atoms with van der Waals surface area (Å²) < 4.78 is 6.16. The highest BCUT2D eigenvalue weighted by Gasteiger charge is 2.42. The lowest BCUT2D eigenvalue weighted by Gasteiger charge is -2.32. The predicted molar refractivity (Wildman–Crippen MR) is 133 cm³/mol. The van der Waals surface area contributed by atoms with Gasteiger partial charge in [-0.05, 0) is 56.6 Å². The fourth-order valence-electron chi connectivity index (χ4n) is 5.07. The molecule has 1 aromatic heterocycles. The number of ether oxygens (including phenoxy) is 1. The van der Waals surface area contributed by atoms with Gasteiger partial charge < -0.3 is 9.64 Å². The van der Waals surface area contributed by atoms with E-state index in [4.69, 9.17) is 38.5 Å². The number of amides is 1. The number of piperidine rings is 1. The number of halogens is 2. The van der Waals surface area contributed by atoms with Crippen LogP contribution in [0.2, 0.25) is 10.0 Å². The fourth-order valence-corrected chi connectivity index (χ4v) is 5.38. The molecule has 2 aliphatic rings. The molecule has 4 rings (SSSR count). The van der Waals surface area contributed by atoms with Crippen molar-refractivity contribution in [2.24, 2.45) is 11.8 Å². The van der Waals surface area contributed by atoms with Crippen LogP contribution in [0.5, 0.6) is 5.88 Å². The van der Waals surface area contributed by atoms with Crippen LogP contribution < -0.4 is 4.74 Å². The molecule has 0 spiro atoms. The summed E-state index contributed by atoms with van der Waals surface area (Å²) in [4.78, 5) is 21.8. The molecule has 2 aliphatic heterocycles. The van der Waals surface area contributed by atoms with E-state index in [1.54, 1.807) is 18.2 Å². The van der Waals surface area contributed by atoms with Gasteiger partial charge in [-0.2, -0.15) is 10.5 Å². The van der Waals surface area contributed by atoms with Gasteiger partial charge in [0.1, 0.15) is 12.2 Å². The van der Waals surface area contributed by atoms with Crippen LogP contribution in [0.3, 0.4) is 0 Å². The summed E-state index contributed by atoms with van der Waals surface area (Å²) in [5.74, 6) is 0.625. The summed E-state index contributed by atoms with van der Waals surface area (Å²) in [7, 11) is 0. The molecule has 3 atom stereocenters. The van der Waals surface area contributed by atoms with E-state index in [1.807, 2.05) is 24.0 Å². The smallest absolute Gasteiger partial charge is 0.225 e. The lowest BCUT2D eigenvalue weighted by Crippen LogP contribution is -2.42. The van der Waals surface area contributed by atoms with E-state index >= 15 is 0 Å². The van der Waals surface area contributed by atoms with E-state index in [0.717, 1.165) is 31.5 Å². The standard InChI is InChI=1S/C26H27Cl2N5O2/c1-17(35-25-5-2-18(13-30)14-31-25)21-15-33(16-22(21)20-3-4-23(27)24(28)12-20)26(34)19-6-9-32(10-7-19)11-8-29/h2-5,12,14,17,19,21-22H,6-7,9-11,15-16H2,1H3/t17-,21+,22+/m0/s1. The molecule has 3 heterocycles. The Labute approximate surface area is 215 Å². The van der Waals surface area contributed by atoms with Crippen molar-refractivity contribution >= 4 is 29.1 Å². The largest absolute Gasteiger partial charge is 0.474 e. The van der Waals surface area contributed by atoms with Crippen molar-refractivity contribution in [1.82, 2.24) is 14.8 Å². The molecule has 35 heavy (non-hydrogen) atoms. The van der Waals surface area contributed by atoms with E-state index in [2.05, 4.69) is 22.0 Å². The van der Waals surface area contributed by atoms with Crippen molar-refractivity contribution in [3.63, 3.8) is 0 Å². The average molecular weight is 512 g/mol. The normalized spacial score (nSPS) is 21.8. The molecule has 0 unspecified atom stereocenters. The number of benzene rings is 1. The van der Waals surface area contributed by atoms with Crippen molar-refractivity contribution in [3.8, 4) is 18.0 Å². The van der Waals surface area contributed by atoms with Crippen molar-refractivity contribution < 1.29 is 9.53 Å². The fraction of sp³-hybridized carbons (Fsp3) is 0.462. The van der Waals surface area contributed by atoms with E-state index < -0.39 is 0 Å². The Morgan fingerprint density at radius 1 is 1.17 bits per heavy atom. The number of carbonyl (C=O) groups excluding carboxylic acids is 1. The van der Waals surface area contributed by atoms with E-state index in [1.165, 1.54) is 6.20 Å². The topological polar surface area (TPSA) is 93.2 Å². The molecule has 0 N–H and O–H groups in total. The number of nitriles is 2. The SMILES string of the molecule is C[C@H](Oc1ccc(C#N)cn1)[C@H]1CN(C(=O)C2CCN(CC#N)CC2)C[C@@H]1c1ccc(Cl)c(Cl)c1. The average Bonchev–Trinajstić information content (AvgIpc) is 3.32. The van der Waals surface area contributed by atoms with Crippen LogP contribution in [0.4, 0.5) is 0 Å². The first-order valence-electron chi connectivity index (χ1n) is 11.8. The molecule has 182 valence electrons. The van der Waals surface area contributed by atoms with Crippen molar-refractivity contribution in [2.45, 2.75) is 31.8 Å². The molecule has 0 aliphatic carbocycles. The summed E-state index contributed by atoms with van der Waals surface area (Å²) in [6, 6.07) is 13.2. The third-order valence-electron chi connectivity index (χ3n) is 7.05. The summed E-state index contributed by atoms with van der Waals surface area (Å²) in [5.41, 5.74) is 1.49. The molecule has 2 fully saturated rings. The van der Waals surface area contributed by atoms with E-state index in [9.17, 15) is 4.79 Å². The highest BCUT2D eigenvalue weighted by molar-refractivity contribution is 6.42. The maximum atomic E-state index is 13.5. The first-order valence-corrected chi connectivity index (χ1v) is 12.5. The van der Waals surface area contributed by atoms with E-state index in [-0.39, 0.29) is 29.8 Å². The Kier molecular flexibility index (Phi) is 8.13. The van der Waals surface area contributed by atoms with Gasteiger partial charge in [0.25, 0.3) is 0 Å². The number of aromatic nitrogens is 1. The van der Waals surface area contributed by atoms with Gasteiger partial charge in [-0.3, -0.25) is 9.69 Å². The molecule has 2 aromatic rings. The molecular weight excluding hydrogens is 485 g/mol. The number of hydrogen-bond acceptors (Lipinski definition) is 6. The highest BCUT2D eigenvalue weighted by Crippen LogP contribution is 2.39. The Balaban J connectivity index is 1.51. The van der Waals surface area contributed by atoms with Crippen LogP contribution in [0.25, 0.3) is 0 Å². The second kappa shape index (κ2) is 11.3. The van der Waals surface area contributed by atoms with Crippen molar-refractivity contribution in [2.75, 3.05) is 32.7 Å². The van der Waals surface area contributed by atoms with Gasteiger partial charge in [0.05, 0.1) is 28.2 Å². The number of hydrogen-bond donors (Lipinski definition) is 0. The van der Waals surface area contributed by atoms with Gasteiger partial charge in [-0.1, -0.05) is 29.3 Å². The zero-order chi connectivity index (χ0) is 24.9. The minimum atomic E-state index is -0.231. The molecule has 9 heteroatoms. The summed E-state index contributed by atoms with van der Waals surface area (Å²) in [6.07, 6.45) is 2.78. The maximum Gasteiger partial charge on any atom is 0.225 e. The lowest BCUT2D eigenvalue weighted by atomic mass is 9.86. The number of likely N-dealkylation sites (tertiary alicyclic amines) is 2. The molecule has 1 aromatic carbocycles. The molecule has 2 saturated heterocycles. The Morgan fingerprint density at radius 3 is 2.57 bits per heavy atom. The summed E-state index contributed by atoms with van der Waals surface area (Å²) in [6.45, 7) is 5.07. The van der Waals surface area contributed by atoms with Crippen LogP contribution in [0.1, 0.15) is 36.8 Å². The molecule has 0 bridgehead atoms. The van der Waals surface area contributed by atoms with Gasteiger partial charge in [-0.25, -0.2) is 4.98 Å². The van der Waals surface area contributed by atoms with Crippen LogP contribution >= 0.6 is 23.2 Å². The first kappa shape index (κ1) is 25.3. The number of nitrogens with zero attached hydrogens (tertiary/aromatic N) is 5. The third kappa shape index (κ3) is 5.87. The third-order valence-corrected chi connectivity index (χ3v) is 7.79. The van der Waals surface area contributed by atoms with Crippen molar-refractivity contribution in [1.29, 1.82) is 10.5 Å². The van der Waals surface area contributed by atoms with Gasteiger partial charge in [0, 0.05) is 43.1 Å². The van der Waals surface area contributed by atoms with Crippen molar-refractivity contribution in [3.05, 3.63) is 57.7 Å². The molecule has 1 amide bonds. The zero-order valence-electron chi connectivity index (χ0n) is 19.5. The molecule has 0 radical (unpaired) electrons. The van der Waals surface area contributed by atoms with Gasteiger partial charge in [-0.15, -0.1) is 0 Å². The number of rotatable bonds is 6. The van der Waals surface area contributed by atoms with Crippen LogP contribution in [-0.2, 0) is 4.79 Å². The summed E-state index contributed by atoms with van der Waals surface area (Å²) >= 11 is 12.5. The quantitative estimate of drug-likeness (QED) is 0.529. The second-order valence-electron chi connectivity index (χ2n) is 9.22. The summed E-state index contributed by atoms with van der Waals surface area (Å²) in [5, 5.41) is 18.9. The van der Waals surface area contributed by atoms with Crippen LogP contribution in [0.15, 0.2) is 36.5 Å². The number of carbonyl (C=O) groups is 1. The van der Waals surface area contributed by atoms with Gasteiger partial charge in [0.15, 0.2) is 0 Å². The highest BCUT2D eigenvalue weighted by atomic mass is 35.5. The molecule has 0 saturated carbocycles. The molecular formula is C26H27Cl2N5O2. The minimum Gasteiger partial charge on any atom is -0.474 e. The predicted octanol–water partition coefficient (Wildman–Crippen LogP) is 4.51. The maximum absolute atomic E-state index is 13.5. The number of pyridine rings is 1. The van der Waals surface area contributed by atoms with Gasteiger partial charge >= 0.3 is 0 Å². The van der Waals surface area contributed by atoms with E-state index in [0.29, 0.717) is 41.1 Å². The first-order chi connectivity index (χ1) is 16.9. The Morgan fingerprint density at radius 2 is 1.94 bits per heavy atom. The second-order valence-corrected chi connectivity index (χ2v) is 10.0. The Hall–Kier alpha value is -2.84. The lowest BCUT2D eigenvalue weighted by molar-refractivity contribution is -0.136. The molecule has 7 nitrogen and oxygen atoms in total. The Bertz CT molecular complexity index is 1140. The monoisotopic (exact) mass is 511 g/mol. The minimum absolute atomic E-state index is 0.0207.